The molecule has 0 amide bonds. The summed E-state index contributed by atoms with van der Waals surface area (Å²) in [6.45, 7) is 12.4. The largest absolute Gasteiger partial charge is 0.247 e. The second kappa shape index (κ2) is 11.0. The highest BCUT2D eigenvalue weighted by molar-refractivity contribution is 4.74. The molecule has 0 bridgehead atoms. The van der Waals surface area contributed by atoms with Crippen LogP contribution in [0.5, 0.6) is 0 Å². The van der Waals surface area contributed by atoms with Gasteiger partial charge in [-0.1, -0.05) is 54.4 Å². The molecule has 0 aromatic rings. The number of halogens is 1. The van der Waals surface area contributed by atoms with Gasteiger partial charge in [0.2, 0.25) is 0 Å². The van der Waals surface area contributed by atoms with Gasteiger partial charge in [0.05, 0.1) is 0 Å². The minimum atomic E-state index is -0.520. The van der Waals surface area contributed by atoms with E-state index in [4.69, 9.17) is 0 Å². The Bertz CT molecular complexity index is 101. The number of hydrogen-bond donors (Lipinski definition) is 0. The maximum atomic E-state index is 12.8. The van der Waals surface area contributed by atoms with Crippen molar-refractivity contribution >= 4 is 0 Å². The van der Waals surface area contributed by atoms with E-state index in [-0.39, 0.29) is 0 Å². The van der Waals surface area contributed by atoms with Crippen LogP contribution in [0.1, 0.15) is 67.2 Å². The zero-order valence-corrected chi connectivity index (χ0v) is 10.9. The molecule has 0 N–H and O–H groups in total. The van der Waals surface area contributed by atoms with E-state index in [2.05, 4.69) is 20.8 Å². The van der Waals surface area contributed by atoms with Crippen molar-refractivity contribution in [3.63, 3.8) is 0 Å². The second-order valence-corrected chi connectivity index (χ2v) is 4.12. The normalized spacial score (nSPS) is 30.6. The Balaban J connectivity index is 0. The molecule has 1 rings (SSSR count). The molecule has 1 saturated carbocycles. The van der Waals surface area contributed by atoms with E-state index >= 15 is 0 Å². The third kappa shape index (κ3) is 8.52. The highest BCUT2D eigenvalue weighted by atomic mass is 19.1. The summed E-state index contributed by atoms with van der Waals surface area (Å²) in [5, 5.41) is 0. The summed E-state index contributed by atoms with van der Waals surface area (Å²) in [7, 11) is 0. The first-order valence-corrected chi connectivity index (χ1v) is 6.25. The van der Waals surface area contributed by atoms with Crippen LogP contribution in [-0.2, 0) is 0 Å². The Kier molecular flexibility index (Phi) is 12.9. The maximum absolute atomic E-state index is 12.8. The van der Waals surface area contributed by atoms with Crippen molar-refractivity contribution < 1.29 is 4.39 Å². The summed E-state index contributed by atoms with van der Waals surface area (Å²) in [5.74, 6) is 0.942. The minimum absolute atomic E-state index is 0.321. The van der Waals surface area contributed by atoms with Crippen molar-refractivity contribution in [1.29, 1.82) is 0 Å². The second-order valence-electron chi connectivity index (χ2n) is 4.12. The number of hydrogen-bond acceptors (Lipinski definition) is 0. The van der Waals surface area contributed by atoms with Gasteiger partial charge < -0.3 is 0 Å². The van der Waals surface area contributed by atoms with E-state index in [1.807, 2.05) is 20.8 Å². The predicted molar refractivity (Wildman–Crippen MR) is 64.4 cm³/mol. The van der Waals surface area contributed by atoms with E-state index in [1.165, 1.54) is 12.8 Å². The molecule has 88 valence electrons. The predicted octanol–water partition coefficient (Wildman–Crippen LogP) is 5.22. The van der Waals surface area contributed by atoms with Gasteiger partial charge in [-0.05, 0) is 24.7 Å². The topological polar surface area (TPSA) is 0 Å². The van der Waals surface area contributed by atoms with Gasteiger partial charge in [0.15, 0.2) is 0 Å². The standard InChI is InChI=1S/C8H15F.C3H8.C2H6/c1-6-3-4-7(2)8(9)5-6;1-3-2;1-2/h6-8H,3-5H2,1-2H3;3H2,1-2H3;1-2H3. The highest BCUT2D eigenvalue weighted by Gasteiger charge is 2.24. The first-order valence-electron chi connectivity index (χ1n) is 6.25. The SMILES string of the molecule is CC.CC1CCC(C)C(F)C1.CCC. The molecule has 0 radical (unpaired) electrons. The van der Waals surface area contributed by atoms with Crippen LogP contribution in [0.25, 0.3) is 0 Å². The maximum Gasteiger partial charge on any atom is 0.103 e. The molecule has 1 aliphatic rings. The van der Waals surface area contributed by atoms with Gasteiger partial charge in [-0.15, -0.1) is 0 Å². The summed E-state index contributed by atoms with van der Waals surface area (Å²) in [5.41, 5.74) is 0. The zero-order chi connectivity index (χ0) is 11.6. The molecule has 3 unspecified atom stereocenters. The number of alkyl halides is 1. The average Bonchev–Trinajstić information content (AvgIpc) is 2.17. The quantitative estimate of drug-likeness (QED) is 0.507. The molecule has 0 aromatic carbocycles. The molecular weight excluding hydrogens is 175 g/mol. The molecular formula is C13H29F. The van der Waals surface area contributed by atoms with E-state index in [1.54, 1.807) is 0 Å². The summed E-state index contributed by atoms with van der Waals surface area (Å²) >= 11 is 0. The van der Waals surface area contributed by atoms with Crippen molar-refractivity contribution in [1.82, 2.24) is 0 Å². The van der Waals surface area contributed by atoms with Gasteiger partial charge in [0.25, 0.3) is 0 Å². The lowest BCUT2D eigenvalue weighted by Gasteiger charge is -2.26. The third-order valence-corrected chi connectivity index (χ3v) is 2.36. The molecule has 14 heavy (non-hydrogen) atoms. The van der Waals surface area contributed by atoms with Gasteiger partial charge in [-0.2, -0.15) is 0 Å². The Labute approximate surface area is 90.3 Å². The molecule has 0 saturated heterocycles. The zero-order valence-electron chi connectivity index (χ0n) is 10.9. The van der Waals surface area contributed by atoms with Crippen LogP contribution in [0, 0.1) is 11.8 Å². The molecule has 1 fully saturated rings. The van der Waals surface area contributed by atoms with E-state index in [0.717, 1.165) is 12.8 Å². The van der Waals surface area contributed by atoms with Gasteiger partial charge in [0, 0.05) is 0 Å². The lowest BCUT2D eigenvalue weighted by Crippen LogP contribution is -2.22. The van der Waals surface area contributed by atoms with Crippen molar-refractivity contribution in [2.24, 2.45) is 11.8 Å². The molecule has 1 heteroatoms. The minimum Gasteiger partial charge on any atom is -0.247 e. The Morgan fingerprint density at radius 3 is 1.79 bits per heavy atom. The van der Waals surface area contributed by atoms with Crippen LogP contribution in [0.4, 0.5) is 4.39 Å². The fourth-order valence-electron chi connectivity index (χ4n) is 1.46. The molecule has 3 atom stereocenters. The smallest absolute Gasteiger partial charge is 0.103 e. The molecule has 0 aromatic heterocycles. The van der Waals surface area contributed by atoms with Crippen molar-refractivity contribution in [2.45, 2.75) is 73.4 Å². The molecule has 0 aliphatic heterocycles. The Morgan fingerprint density at radius 2 is 1.50 bits per heavy atom. The third-order valence-electron chi connectivity index (χ3n) is 2.36. The average molecular weight is 204 g/mol. The van der Waals surface area contributed by atoms with E-state index in [9.17, 15) is 4.39 Å². The number of rotatable bonds is 0. The lowest BCUT2D eigenvalue weighted by atomic mass is 9.83. The molecule has 1 aliphatic carbocycles. The fourth-order valence-corrected chi connectivity index (χ4v) is 1.46. The van der Waals surface area contributed by atoms with Gasteiger partial charge in [-0.3, -0.25) is 0 Å². The summed E-state index contributed by atoms with van der Waals surface area (Å²) in [4.78, 5) is 0. The van der Waals surface area contributed by atoms with Crippen LogP contribution >= 0.6 is 0 Å². The first kappa shape index (κ1) is 16.4. The summed E-state index contributed by atoms with van der Waals surface area (Å²) in [6, 6.07) is 0. The highest BCUT2D eigenvalue weighted by Crippen LogP contribution is 2.30. The van der Waals surface area contributed by atoms with Crippen molar-refractivity contribution in [3.05, 3.63) is 0 Å². The van der Waals surface area contributed by atoms with Crippen LogP contribution in [-0.4, -0.2) is 6.17 Å². The monoisotopic (exact) mass is 204 g/mol. The first-order chi connectivity index (χ1) is 6.61. The molecule has 0 spiro atoms. The van der Waals surface area contributed by atoms with Crippen molar-refractivity contribution in [3.8, 4) is 0 Å². The van der Waals surface area contributed by atoms with Gasteiger partial charge >= 0.3 is 0 Å². The summed E-state index contributed by atoms with van der Waals surface area (Å²) in [6.07, 6.45) is 3.83. The Hall–Kier alpha value is -0.0700. The Morgan fingerprint density at radius 1 is 1.07 bits per heavy atom. The van der Waals surface area contributed by atoms with Crippen LogP contribution < -0.4 is 0 Å². The van der Waals surface area contributed by atoms with E-state index < -0.39 is 6.17 Å². The van der Waals surface area contributed by atoms with Crippen LogP contribution in [0.3, 0.4) is 0 Å². The van der Waals surface area contributed by atoms with Crippen LogP contribution in [0.2, 0.25) is 0 Å². The molecule has 0 nitrogen and oxygen atoms in total. The lowest BCUT2D eigenvalue weighted by molar-refractivity contribution is 0.145. The molecule has 0 heterocycles. The van der Waals surface area contributed by atoms with Crippen molar-refractivity contribution in [2.75, 3.05) is 0 Å². The van der Waals surface area contributed by atoms with Gasteiger partial charge in [0.1, 0.15) is 6.17 Å². The van der Waals surface area contributed by atoms with Gasteiger partial charge in [-0.25, -0.2) is 4.39 Å². The fraction of sp³-hybridized carbons (Fsp3) is 1.00. The van der Waals surface area contributed by atoms with E-state index in [0.29, 0.717) is 11.8 Å². The summed E-state index contributed by atoms with van der Waals surface area (Å²) < 4.78 is 12.8. The van der Waals surface area contributed by atoms with Crippen LogP contribution in [0.15, 0.2) is 0 Å².